The van der Waals surface area contributed by atoms with Crippen molar-refractivity contribution in [2.75, 3.05) is 12.9 Å². The van der Waals surface area contributed by atoms with E-state index in [1.54, 1.807) is 32.2 Å². The minimum Gasteiger partial charge on any atom is -0.497 e. The maximum absolute atomic E-state index is 12.9. The highest BCUT2D eigenvalue weighted by Crippen LogP contribution is 2.15. The number of carbonyl (C=O) groups is 1. The summed E-state index contributed by atoms with van der Waals surface area (Å²) in [4.78, 5) is 12.0. The van der Waals surface area contributed by atoms with Crippen molar-refractivity contribution in [1.29, 1.82) is 0 Å². The Bertz CT molecular complexity index is 718. The molecule has 2 aromatic carbocycles. The van der Waals surface area contributed by atoms with E-state index in [1.807, 2.05) is 18.2 Å². The largest absolute Gasteiger partial charge is 0.497 e. The Morgan fingerprint density at radius 2 is 1.96 bits per heavy atom. The SMILES string of the molecule is COc1cccc(CS(=O)CC(=O)NC(C)c2ccc(F)cc2)c1. The summed E-state index contributed by atoms with van der Waals surface area (Å²) in [6.07, 6.45) is 0. The molecule has 0 fully saturated rings. The number of hydrogen-bond acceptors (Lipinski definition) is 3. The minimum atomic E-state index is -1.32. The molecule has 0 saturated heterocycles. The fourth-order valence-electron chi connectivity index (χ4n) is 2.26. The summed E-state index contributed by atoms with van der Waals surface area (Å²) >= 11 is 0. The maximum Gasteiger partial charge on any atom is 0.233 e. The van der Waals surface area contributed by atoms with Crippen molar-refractivity contribution >= 4 is 16.7 Å². The van der Waals surface area contributed by atoms with Gasteiger partial charge in [-0.1, -0.05) is 24.3 Å². The van der Waals surface area contributed by atoms with Gasteiger partial charge in [0.15, 0.2) is 0 Å². The maximum atomic E-state index is 12.9. The van der Waals surface area contributed by atoms with Crippen LogP contribution < -0.4 is 10.1 Å². The molecule has 1 amide bonds. The topological polar surface area (TPSA) is 55.4 Å². The van der Waals surface area contributed by atoms with Crippen molar-refractivity contribution in [3.63, 3.8) is 0 Å². The van der Waals surface area contributed by atoms with Crippen molar-refractivity contribution in [3.8, 4) is 5.75 Å². The molecule has 0 saturated carbocycles. The van der Waals surface area contributed by atoms with Gasteiger partial charge in [0.25, 0.3) is 0 Å². The summed E-state index contributed by atoms with van der Waals surface area (Å²) in [7, 11) is 0.254. The average Bonchev–Trinajstić information content (AvgIpc) is 2.55. The third-order valence-corrected chi connectivity index (χ3v) is 4.74. The third kappa shape index (κ3) is 5.45. The molecule has 0 aromatic heterocycles. The summed E-state index contributed by atoms with van der Waals surface area (Å²) in [6, 6.07) is 12.9. The lowest BCUT2D eigenvalue weighted by molar-refractivity contribution is -0.119. The first kappa shape index (κ1) is 18.1. The van der Waals surface area contributed by atoms with Crippen LogP contribution >= 0.6 is 0 Å². The van der Waals surface area contributed by atoms with Crippen molar-refractivity contribution in [2.24, 2.45) is 0 Å². The number of methoxy groups -OCH3 is 1. The van der Waals surface area contributed by atoms with E-state index in [0.29, 0.717) is 5.75 Å². The molecule has 4 nitrogen and oxygen atoms in total. The standard InChI is InChI=1S/C18H20FNO3S/c1-13(15-6-8-16(19)9-7-15)20-18(21)12-24(22)11-14-4-3-5-17(10-14)23-2/h3-10,13H,11-12H2,1-2H3,(H,20,21). The number of rotatable bonds is 7. The van der Waals surface area contributed by atoms with Crippen LogP contribution in [0.15, 0.2) is 48.5 Å². The van der Waals surface area contributed by atoms with Gasteiger partial charge in [-0.3, -0.25) is 9.00 Å². The molecule has 0 aliphatic rings. The zero-order valence-corrected chi connectivity index (χ0v) is 14.4. The number of ether oxygens (including phenoxy) is 1. The number of hydrogen-bond donors (Lipinski definition) is 1. The Morgan fingerprint density at radius 3 is 2.62 bits per heavy atom. The first-order valence-electron chi connectivity index (χ1n) is 7.50. The van der Waals surface area contributed by atoms with Crippen LogP contribution in [0.2, 0.25) is 0 Å². The van der Waals surface area contributed by atoms with Crippen LogP contribution in [0.5, 0.6) is 5.75 Å². The van der Waals surface area contributed by atoms with Crippen LogP contribution in [0.25, 0.3) is 0 Å². The van der Waals surface area contributed by atoms with Crippen molar-refractivity contribution in [2.45, 2.75) is 18.7 Å². The van der Waals surface area contributed by atoms with Gasteiger partial charge in [-0.2, -0.15) is 0 Å². The molecule has 0 spiro atoms. The zero-order chi connectivity index (χ0) is 17.5. The first-order valence-corrected chi connectivity index (χ1v) is 8.99. The van der Waals surface area contributed by atoms with Gasteiger partial charge in [0.2, 0.25) is 5.91 Å². The molecule has 0 aliphatic carbocycles. The van der Waals surface area contributed by atoms with E-state index in [9.17, 15) is 13.4 Å². The number of nitrogens with one attached hydrogen (secondary N) is 1. The van der Waals surface area contributed by atoms with Gasteiger partial charge in [-0.15, -0.1) is 0 Å². The predicted molar refractivity (Wildman–Crippen MR) is 92.7 cm³/mol. The quantitative estimate of drug-likeness (QED) is 0.836. The van der Waals surface area contributed by atoms with Gasteiger partial charge < -0.3 is 10.1 Å². The number of benzene rings is 2. The summed E-state index contributed by atoms with van der Waals surface area (Å²) in [5.74, 6) is 0.279. The normalized spacial score (nSPS) is 13.1. The Morgan fingerprint density at radius 1 is 1.25 bits per heavy atom. The summed E-state index contributed by atoms with van der Waals surface area (Å²) in [5, 5.41) is 2.78. The fourth-order valence-corrected chi connectivity index (χ4v) is 3.29. The van der Waals surface area contributed by atoms with Crippen molar-refractivity contribution in [3.05, 3.63) is 65.5 Å². The summed E-state index contributed by atoms with van der Waals surface area (Å²) < 4.78 is 30.2. The van der Waals surface area contributed by atoms with Crippen LogP contribution in [0.3, 0.4) is 0 Å². The molecule has 0 aliphatic heterocycles. The molecule has 1 N–H and O–H groups in total. The second-order valence-electron chi connectivity index (χ2n) is 5.42. The first-order chi connectivity index (χ1) is 11.5. The predicted octanol–water partition coefficient (Wildman–Crippen LogP) is 2.96. The van der Waals surface area contributed by atoms with E-state index in [4.69, 9.17) is 4.74 Å². The van der Waals surface area contributed by atoms with E-state index in [-0.39, 0.29) is 29.3 Å². The molecule has 2 rings (SSSR count). The van der Waals surface area contributed by atoms with Gasteiger partial charge >= 0.3 is 0 Å². The lowest BCUT2D eigenvalue weighted by Crippen LogP contribution is -2.31. The Labute approximate surface area is 143 Å². The molecular weight excluding hydrogens is 329 g/mol. The lowest BCUT2D eigenvalue weighted by Gasteiger charge is -2.14. The molecule has 2 aromatic rings. The zero-order valence-electron chi connectivity index (χ0n) is 13.6. The molecule has 2 atom stereocenters. The molecule has 6 heteroatoms. The van der Waals surface area contributed by atoms with Crippen molar-refractivity contribution in [1.82, 2.24) is 5.32 Å². The van der Waals surface area contributed by atoms with Gasteiger partial charge in [0.1, 0.15) is 17.3 Å². The van der Waals surface area contributed by atoms with E-state index < -0.39 is 10.8 Å². The van der Waals surface area contributed by atoms with Crippen LogP contribution in [0.1, 0.15) is 24.1 Å². The summed E-state index contributed by atoms with van der Waals surface area (Å²) in [5.41, 5.74) is 1.65. The smallest absolute Gasteiger partial charge is 0.233 e. The Hall–Kier alpha value is -2.21. The molecular formula is C18H20FNO3S. The third-order valence-electron chi connectivity index (χ3n) is 3.50. The molecule has 0 heterocycles. The van der Waals surface area contributed by atoms with Crippen LogP contribution in [-0.2, 0) is 21.3 Å². The van der Waals surface area contributed by atoms with E-state index >= 15 is 0 Å². The van der Waals surface area contributed by atoms with Gasteiger partial charge in [-0.25, -0.2) is 4.39 Å². The molecule has 0 bridgehead atoms. The highest BCUT2D eigenvalue weighted by Gasteiger charge is 2.13. The fraction of sp³-hybridized carbons (Fsp3) is 0.278. The molecule has 24 heavy (non-hydrogen) atoms. The summed E-state index contributed by atoms with van der Waals surface area (Å²) in [6.45, 7) is 1.80. The minimum absolute atomic E-state index is 0.0806. The van der Waals surface area contributed by atoms with E-state index in [0.717, 1.165) is 11.1 Å². The molecule has 0 radical (unpaired) electrons. The second-order valence-corrected chi connectivity index (χ2v) is 6.88. The second kappa shape index (κ2) is 8.59. The highest BCUT2D eigenvalue weighted by atomic mass is 32.2. The monoisotopic (exact) mass is 349 g/mol. The Kier molecular flexibility index (Phi) is 6.49. The molecule has 128 valence electrons. The van der Waals surface area contributed by atoms with Crippen LogP contribution in [-0.4, -0.2) is 23.0 Å². The average molecular weight is 349 g/mol. The van der Waals surface area contributed by atoms with Gasteiger partial charge in [0.05, 0.1) is 13.2 Å². The molecule has 2 unspecified atom stereocenters. The van der Waals surface area contributed by atoms with Crippen LogP contribution in [0, 0.1) is 5.82 Å². The van der Waals surface area contributed by atoms with Gasteiger partial charge in [-0.05, 0) is 42.3 Å². The Balaban J connectivity index is 1.86. The van der Waals surface area contributed by atoms with E-state index in [1.165, 1.54) is 12.1 Å². The van der Waals surface area contributed by atoms with Crippen LogP contribution in [0.4, 0.5) is 4.39 Å². The number of carbonyl (C=O) groups excluding carboxylic acids is 1. The van der Waals surface area contributed by atoms with Crippen molar-refractivity contribution < 1.29 is 18.1 Å². The highest BCUT2D eigenvalue weighted by molar-refractivity contribution is 7.84. The lowest BCUT2D eigenvalue weighted by atomic mass is 10.1. The number of amides is 1. The van der Waals surface area contributed by atoms with E-state index in [2.05, 4.69) is 5.32 Å². The van der Waals surface area contributed by atoms with Gasteiger partial charge in [0, 0.05) is 16.6 Å². The number of halogens is 1.